The Bertz CT molecular complexity index is 570. The van der Waals surface area contributed by atoms with Gasteiger partial charge in [0.2, 0.25) is 0 Å². The first kappa shape index (κ1) is 14.3. The summed E-state index contributed by atoms with van der Waals surface area (Å²) >= 11 is 4.88. The minimum absolute atomic E-state index is 0.234. The van der Waals surface area contributed by atoms with Crippen LogP contribution < -0.4 is 20.1 Å². The summed E-state index contributed by atoms with van der Waals surface area (Å²) in [7, 11) is 1.59. The number of rotatable bonds is 5. The molecule has 0 radical (unpaired) electrons. The van der Waals surface area contributed by atoms with E-state index < -0.39 is 0 Å². The second-order valence-electron chi connectivity index (χ2n) is 4.23. The minimum atomic E-state index is -0.234. The lowest BCUT2D eigenvalue weighted by Gasteiger charge is -2.10. The van der Waals surface area contributed by atoms with E-state index in [0.717, 1.165) is 12.0 Å². The molecule has 1 aromatic carbocycles. The Morgan fingerprint density at radius 2 is 2.10 bits per heavy atom. The molecular weight excluding hydrogens is 276 g/mol. The van der Waals surface area contributed by atoms with Crippen LogP contribution in [0.5, 0.6) is 11.5 Å². The fraction of sp³-hybridized carbons (Fsp3) is 0.286. The summed E-state index contributed by atoms with van der Waals surface area (Å²) in [6.07, 6.45) is 2.62. The molecule has 0 atom stereocenters. The summed E-state index contributed by atoms with van der Waals surface area (Å²) in [5, 5.41) is 5.64. The summed E-state index contributed by atoms with van der Waals surface area (Å²) < 4.78 is 10.9. The van der Waals surface area contributed by atoms with Gasteiger partial charge in [0.1, 0.15) is 5.70 Å². The van der Waals surface area contributed by atoms with Crippen LogP contribution in [0.3, 0.4) is 0 Å². The van der Waals surface area contributed by atoms with Gasteiger partial charge in [0.05, 0.1) is 13.7 Å². The van der Waals surface area contributed by atoms with E-state index in [1.165, 1.54) is 0 Å². The third kappa shape index (κ3) is 3.27. The average Bonchev–Trinajstić information content (AvgIpc) is 2.75. The highest BCUT2D eigenvalue weighted by Crippen LogP contribution is 2.29. The van der Waals surface area contributed by atoms with Gasteiger partial charge in [-0.1, -0.05) is 13.0 Å². The largest absolute Gasteiger partial charge is 0.493 e. The lowest BCUT2D eigenvalue weighted by atomic mass is 10.1. The molecule has 1 heterocycles. The van der Waals surface area contributed by atoms with Crippen molar-refractivity contribution in [2.75, 3.05) is 13.7 Å². The van der Waals surface area contributed by atoms with Gasteiger partial charge in [-0.3, -0.25) is 10.1 Å². The van der Waals surface area contributed by atoms with Gasteiger partial charge < -0.3 is 14.8 Å². The minimum Gasteiger partial charge on any atom is -0.493 e. The first-order chi connectivity index (χ1) is 9.63. The normalized spacial score (nSPS) is 16.0. The highest BCUT2D eigenvalue weighted by atomic mass is 32.1. The maximum atomic E-state index is 11.6. The molecule has 0 spiro atoms. The Balaban J connectivity index is 2.26. The quantitative estimate of drug-likeness (QED) is 0.640. The van der Waals surface area contributed by atoms with Crippen LogP contribution in [0.15, 0.2) is 23.9 Å². The highest BCUT2D eigenvalue weighted by molar-refractivity contribution is 7.80. The lowest BCUT2D eigenvalue weighted by molar-refractivity contribution is -0.115. The summed E-state index contributed by atoms with van der Waals surface area (Å²) in [5.41, 5.74) is 1.25. The van der Waals surface area contributed by atoms with Gasteiger partial charge in [0.25, 0.3) is 5.91 Å². The molecule has 0 unspecified atom stereocenters. The van der Waals surface area contributed by atoms with Gasteiger partial charge in [0, 0.05) is 0 Å². The van der Waals surface area contributed by atoms with Crippen molar-refractivity contribution in [1.29, 1.82) is 0 Å². The molecular formula is C14H16N2O3S. The summed E-state index contributed by atoms with van der Waals surface area (Å²) in [6, 6.07) is 5.49. The smallest absolute Gasteiger partial charge is 0.273 e. The SMILES string of the molecule is CCCOc1cc(C=C2NC(=S)NC2=O)ccc1OC. The maximum absolute atomic E-state index is 11.6. The summed E-state index contributed by atoms with van der Waals surface area (Å²) in [4.78, 5) is 11.6. The average molecular weight is 292 g/mol. The predicted octanol–water partition coefficient (Wildman–Crippen LogP) is 1.83. The van der Waals surface area contributed by atoms with E-state index in [0.29, 0.717) is 28.9 Å². The van der Waals surface area contributed by atoms with Gasteiger partial charge in [0.15, 0.2) is 16.6 Å². The zero-order valence-electron chi connectivity index (χ0n) is 11.4. The van der Waals surface area contributed by atoms with Gasteiger partial charge in [-0.15, -0.1) is 0 Å². The lowest BCUT2D eigenvalue weighted by Crippen LogP contribution is -2.21. The molecule has 0 bridgehead atoms. The van der Waals surface area contributed by atoms with Crippen LogP contribution >= 0.6 is 12.2 Å². The second-order valence-corrected chi connectivity index (χ2v) is 4.63. The van der Waals surface area contributed by atoms with Crippen molar-refractivity contribution in [2.24, 2.45) is 0 Å². The molecule has 1 saturated heterocycles. The number of benzene rings is 1. The predicted molar refractivity (Wildman–Crippen MR) is 80.6 cm³/mol. The standard InChI is InChI=1S/C14H16N2O3S/c1-3-6-19-12-8-9(4-5-11(12)18-2)7-10-13(17)16-14(20)15-10/h4-5,7-8H,3,6H2,1-2H3,(H2,15,16,17,20). The molecule has 6 heteroatoms. The number of amides is 1. The van der Waals surface area contributed by atoms with Crippen LogP contribution in [0, 0.1) is 0 Å². The molecule has 5 nitrogen and oxygen atoms in total. The van der Waals surface area contributed by atoms with Crippen LogP contribution in [0.25, 0.3) is 6.08 Å². The van der Waals surface area contributed by atoms with Crippen LogP contribution in [-0.4, -0.2) is 24.7 Å². The molecule has 1 aromatic rings. The van der Waals surface area contributed by atoms with Crippen molar-refractivity contribution in [1.82, 2.24) is 10.6 Å². The van der Waals surface area contributed by atoms with E-state index in [1.54, 1.807) is 13.2 Å². The summed E-state index contributed by atoms with van der Waals surface area (Å²) in [5.74, 6) is 1.09. The van der Waals surface area contributed by atoms with Crippen molar-refractivity contribution in [3.63, 3.8) is 0 Å². The first-order valence-electron chi connectivity index (χ1n) is 6.29. The van der Waals surface area contributed by atoms with Crippen LogP contribution in [-0.2, 0) is 4.79 Å². The molecule has 1 amide bonds. The first-order valence-corrected chi connectivity index (χ1v) is 6.69. The van der Waals surface area contributed by atoms with Crippen LogP contribution in [0.1, 0.15) is 18.9 Å². The van der Waals surface area contributed by atoms with Crippen molar-refractivity contribution in [3.05, 3.63) is 29.5 Å². The van der Waals surface area contributed by atoms with E-state index >= 15 is 0 Å². The van der Waals surface area contributed by atoms with Gasteiger partial charge in [-0.2, -0.15) is 0 Å². The zero-order valence-corrected chi connectivity index (χ0v) is 12.2. The highest BCUT2D eigenvalue weighted by Gasteiger charge is 2.20. The Morgan fingerprint density at radius 1 is 1.30 bits per heavy atom. The van der Waals surface area contributed by atoms with E-state index in [1.807, 2.05) is 25.1 Å². The molecule has 0 aliphatic carbocycles. The fourth-order valence-corrected chi connectivity index (χ4v) is 1.96. The molecule has 0 saturated carbocycles. The van der Waals surface area contributed by atoms with Gasteiger partial charge in [-0.05, 0) is 42.4 Å². The number of hydrogen-bond acceptors (Lipinski definition) is 4. The number of methoxy groups -OCH3 is 1. The van der Waals surface area contributed by atoms with Crippen LogP contribution in [0.2, 0.25) is 0 Å². The zero-order chi connectivity index (χ0) is 14.5. The monoisotopic (exact) mass is 292 g/mol. The van der Waals surface area contributed by atoms with Crippen molar-refractivity contribution >= 4 is 29.3 Å². The van der Waals surface area contributed by atoms with E-state index in [-0.39, 0.29) is 5.91 Å². The number of carbonyl (C=O) groups excluding carboxylic acids is 1. The number of nitrogens with one attached hydrogen (secondary N) is 2. The number of hydrogen-bond donors (Lipinski definition) is 2. The van der Waals surface area contributed by atoms with Gasteiger partial charge in [-0.25, -0.2) is 0 Å². The fourth-order valence-electron chi connectivity index (χ4n) is 1.76. The molecule has 1 fully saturated rings. The van der Waals surface area contributed by atoms with E-state index in [4.69, 9.17) is 21.7 Å². The van der Waals surface area contributed by atoms with E-state index in [2.05, 4.69) is 10.6 Å². The Morgan fingerprint density at radius 3 is 2.70 bits per heavy atom. The Labute approximate surface area is 123 Å². The third-order valence-electron chi connectivity index (χ3n) is 2.68. The molecule has 2 N–H and O–H groups in total. The van der Waals surface area contributed by atoms with Crippen molar-refractivity contribution in [2.45, 2.75) is 13.3 Å². The Kier molecular flexibility index (Phi) is 4.57. The molecule has 106 valence electrons. The molecule has 2 rings (SSSR count). The number of ether oxygens (including phenoxy) is 2. The third-order valence-corrected chi connectivity index (χ3v) is 2.88. The summed E-state index contributed by atoms with van der Waals surface area (Å²) in [6.45, 7) is 2.64. The molecule has 1 aliphatic heterocycles. The van der Waals surface area contributed by atoms with Gasteiger partial charge >= 0.3 is 0 Å². The van der Waals surface area contributed by atoms with Crippen LogP contribution in [0.4, 0.5) is 0 Å². The van der Waals surface area contributed by atoms with Crippen molar-refractivity contribution in [3.8, 4) is 11.5 Å². The number of carbonyl (C=O) groups is 1. The Hall–Kier alpha value is -2.08. The van der Waals surface area contributed by atoms with Crippen molar-refractivity contribution < 1.29 is 14.3 Å². The topological polar surface area (TPSA) is 59.6 Å². The molecule has 20 heavy (non-hydrogen) atoms. The molecule has 0 aromatic heterocycles. The molecule has 1 aliphatic rings. The van der Waals surface area contributed by atoms with E-state index in [9.17, 15) is 4.79 Å². The maximum Gasteiger partial charge on any atom is 0.273 e. The second kappa shape index (κ2) is 6.38. The number of thiocarbonyl (C=S) groups is 1.